The van der Waals surface area contributed by atoms with Crippen LogP contribution in [0.2, 0.25) is 0 Å². The van der Waals surface area contributed by atoms with Gasteiger partial charge in [0, 0.05) is 11.8 Å². The molecule has 0 saturated carbocycles. The highest BCUT2D eigenvalue weighted by Gasteiger charge is 2.33. The summed E-state index contributed by atoms with van der Waals surface area (Å²) >= 11 is 0. The third-order valence-corrected chi connectivity index (χ3v) is 1.64. The predicted octanol–water partition coefficient (Wildman–Crippen LogP) is 2.05. The summed E-state index contributed by atoms with van der Waals surface area (Å²) in [5.41, 5.74) is 0.291. The molecule has 0 saturated heterocycles. The van der Waals surface area contributed by atoms with Crippen LogP contribution in [0, 0.1) is 11.3 Å². The van der Waals surface area contributed by atoms with Gasteiger partial charge in [-0.05, 0) is 6.07 Å². The van der Waals surface area contributed by atoms with E-state index in [4.69, 9.17) is 10.00 Å². The Morgan fingerprint density at radius 1 is 1.50 bits per heavy atom. The SMILES string of the molecule is COc1c(CC#N)ccnc1OC(F)(F)F. The van der Waals surface area contributed by atoms with Crippen LogP contribution >= 0.6 is 0 Å². The first-order chi connectivity index (χ1) is 7.48. The van der Waals surface area contributed by atoms with Crippen molar-refractivity contribution >= 4 is 0 Å². The van der Waals surface area contributed by atoms with E-state index in [1.165, 1.54) is 13.2 Å². The molecule has 0 radical (unpaired) electrons. The van der Waals surface area contributed by atoms with Gasteiger partial charge >= 0.3 is 6.36 Å². The first kappa shape index (κ1) is 12.1. The number of nitrogens with zero attached hydrogens (tertiary/aromatic N) is 2. The standard InChI is InChI=1S/C9H7F3N2O2/c1-15-7-6(2-4-13)3-5-14-8(7)16-9(10,11)12/h3,5H,2H2,1H3. The van der Waals surface area contributed by atoms with Crippen molar-refractivity contribution < 1.29 is 22.6 Å². The van der Waals surface area contributed by atoms with Crippen LogP contribution in [0.3, 0.4) is 0 Å². The first-order valence-corrected chi connectivity index (χ1v) is 4.12. The summed E-state index contributed by atoms with van der Waals surface area (Å²) in [5.74, 6) is -0.871. The van der Waals surface area contributed by atoms with Crippen LogP contribution in [0.15, 0.2) is 12.3 Å². The van der Waals surface area contributed by atoms with Gasteiger partial charge in [-0.2, -0.15) is 5.26 Å². The second-order valence-corrected chi connectivity index (χ2v) is 2.69. The minimum Gasteiger partial charge on any atom is -0.491 e. The van der Waals surface area contributed by atoms with Crippen LogP contribution < -0.4 is 9.47 Å². The summed E-state index contributed by atoms with van der Waals surface area (Å²) in [6.07, 6.45) is -3.80. The number of pyridine rings is 1. The van der Waals surface area contributed by atoms with Gasteiger partial charge in [-0.25, -0.2) is 4.98 Å². The number of ether oxygens (including phenoxy) is 2. The largest absolute Gasteiger partial charge is 0.574 e. The van der Waals surface area contributed by atoms with E-state index >= 15 is 0 Å². The van der Waals surface area contributed by atoms with E-state index in [0.29, 0.717) is 5.56 Å². The number of rotatable bonds is 3. The lowest BCUT2D eigenvalue weighted by molar-refractivity contribution is -0.276. The van der Waals surface area contributed by atoms with Crippen molar-refractivity contribution in [2.24, 2.45) is 0 Å². The Bertz CT molecular complexity index is 412. The molecule has 1 rings (SSSR count). The smallest absolute Gasteiger partial charge is 0.491 e. The molecule has 0 aromatic carbocycles. The number of aromatic nitrogens is 1. The molecule has 0 aliphatic heterocycles. The Morgan fingerprint density at radius 3 is 2.69 bits per heavy atom. The fourth-order valence-electron chi connectivity index (χ4n) is 1.09. The summed E-state index contributed by atoms with van der Waals surface area (Å²) in [4.78, 5) is 3.40. The highest BCUT2D eigenvalue weighted by Crippen LogP contribution is 2.32. The van der Waals surface area contributed by atoms with Crippen LogP contribution in [-0.2, 0) is 6.42 Å². The molecule has 0 N–H and O–H groups in total. The maximum Gasteiger partial charge on any atom is 0.574 e. The highest BCUT2D eigenvalue weighted by atomic mass is 19.4. The number of nitriles is 1. The number of hydrogen-bond donors (Lipinski definition) is 0. The number of alkyl halides is 3. The van der Waals surface area contributed by atoms with Crippen molar-refractivity contribution in [3.63, 3.8) is 0 Å². The molecule has 0 amide bonds. The molecule has 0 atom stereocenters. The Kier molecular flexibility index (Phi) is 3.55. The molecule has 0 bridgehead atoms. The lowest BCUT2D eigenvalue weighted by Gasteiger charge is -2.12. The molecule has 4 nitrogen and oxygen atoms in total. The minimum absolute atomic E-state index is 0.0834. The summed E-state index contributed by atoms with van der Waals surface area (Å²) in [5, 5.41) is 8.47. The second-order valence-electron chi connectivity index (χ2n) is 2.69. The van der Waals surface area contributed by atoms with Gasteiger partial charge in [0.25, 0.3) is 5.88 Å². The Hall–Kier alpha value is -1.97. The average Bonchev–Trinajstić information content (AvgIpc) is 2.16. The maximum absolute atomic E-state index is 12.0. The summed E-state index contributed by atoms with van der Waals surface area (Å²) in [6.45, 7) is 0. The van der Waals surface area contributed by atoms with E-state index < -0.39 is 12.2 Å². The summed E-state index contributed by atoms with van der Waals surface area (Å²) < 4.78 is 44.4. The molecule has 7 heteroatoms. The van der Waals surface area contributed by atoms with Gasteiger partial charge < -0.3 is 9.47 Å². The normalized spacial score (nSPS) is 10.7. The van der Waals surface area contributed by atoms with Crippen molar-refractivity contribution in [1.29, 1.82) is 5.26 Å². The molecular weight excluding hydrogens is 225 g/mol. The highest BCUT2D eigenvalue weighted by molar-refractivity contribution is 5.42. The minimum atomic E-state index is -4.84. The van der Waals surface area contributed by atoms with Gasteiger partial charge in [0.05, 0.1) is 19.6 Å². The fraction of sp³-hybridized carbons (Fsp3) is 0.333. The van der Waals surface area contributed by atoms with Crippen molar-refractivity contribution in [3.8, 4) is 17.7 Å². The molecule has 0 spiro atoms. The van der Waals surface area contributed by atoms with E-state index in [1.54, 1.807) is 6.07 Å². The van der Waals surface area contributed by atoms with Crippen molar-refractivity contribution in [3.05, 3.63) is 17.8 Å². The Labute approximate surface area is 89.2 Å². The fourth-order valence-corrected chi connectivity index (χ4v) is 1.09. The topological polar surface area (TPSA) is 55.1 Å². The average molecular weight is 232 g/mol. The second kappa shape index (κ2) is 4.70. The third-order valence-electron chi connectivity index (χ3n) is 1.64. The molecule has 1 heterocycles. The van der Waals surface area contributed by atoms with Crippen LogP contribution in [0.25, 0.3) is 0 Å². The van der Waals surface area contributed by atoms with Crippen LogP contribution in [-0.4, -0.2) is 18.5 Å². The van der Waals surface area contributed by atoms with Crippen LogP contribution in [0.5, 0.6) is 11.6 Å². The Balaban J connectivity index is 3.10. The molecule has 1 aromatic rings. The number of halogens is 3. The zero-order valence-corrected chi connectivity index (χ0v) is 8.21. The monoisotopic (exact) mass is 232 g/mol. The van der Waals surface area contributed by atoms with Gasteiger partial charge in [-0.15, -0.1) is 13.2 Å². The van der Waals surface area contributed by atoms with E-state index in [1.807, 2.05) is 0 Å². The Morgan fingerprint density at radius 2 is 2.19 bits per heavy atom. The predicted molar refractivity (Wildman–Crippen MR) is 46.8 cm³/mol. The van der Waals surface area contributed by atoms with Crippen molar-refractivity contribution in [2.75, 3.05) is 7.11 Å². The van der Waals surface area contributed by atoms with Gasteiger partial charge in [0.15, 0.2) is 5.75 Å². The van der Waals surface area contributed by atoms with Gasteiger partial charge in [-0.1, -0.05) is 0 Å². The lowest BCUT2D eigenvalue weighted by Crippen LogP contribution is -2.18. The third kappa shape index (κ3) is 3.02. The number of hydrogen-bond acceptors (Lipinski definition) is 4. The van der Waals surface area contributed by atoms with Gasteiger partial charge in [-0.3, -0.25) is 0 Å². The van der Waals surface area contributed by atoms with E-state index in [2.05, 4.69) is 9.72 Å². The van der Waals surface area contributed by atoms with Gasteiger partial charge in [0.1, 0.15) is 0 Å². The first-order valence-electron chi connectivity index (χ1n) is 4.12. The molecule has 16 heavy (non-hydrogen) atoms. The molecule has 86 valence electrons. The van der Waals surface area contributed by atoms with Crippen molar-refractivity contribution in [1.82, 2.24) is 4.98 Å². The van der Waals surface area contributed by atoms with E-state index in [9.17, 15) is 13.2 Å². The molecule has 0 aliphatic carbocycles. The maximum atomic E-state index is 12.0. The zero-order valence-electron chi connectivity index (χ0n) is 8.21. The summed E-state index contributed by atoms with van der Waals surface area (Å²) in [7, 11) is 1.18. The van der Waals surface area contributed by atoms with E-state index in [0.717, 1.165) is 6.20 Å². The lowest BCUT2D eigenvalue weighted by atomic mass is 10.2. The van der Waals surface area contributed by atoms with E-state index in [-0.39, 0.29) is 12.2 Å². The summed E-state index contributed by atoms with van der Waals surface area (Å²) in [6, 6.07) is 3.20. The quantitative estimate of drug-likeness (QED) is 0.800. The molecule has 0 aliphatic rings. The van der Waals surface area contributed by atoms with Crippen LogP contribution in [0.4, 0.5) is 13.2 Å². The molecule has 0 fully saturated rings. The van der Waals surface area contributed by atoms with Gasteiger partial charge in [0.2, 0.25) is 0 Å². The molecular formula is C9H7F3N2O2. The zero-order chi connectivity index (χ0) is 12.2. The molecule has 0 unspecified atom stereocenters. The number of methoxy groups -OCH3 is 1. The molecule has 1 aromatic heterocycles. The van der Waals surface area contributed by atoms with Crippen molar-refractivity contribution in [2.45, 2.75) is 12.8 Å². The van der Waals surface area contributed by atoms with Crippen LogP contribution in [0.1, 0.15) is 5.56 Å².